The first kappa shape index (κ1) is 127. The molecule has 0 aliphatic rings. The second-order valence-corrected chi connectivity index (χ2v) is 35.8. The zero-order chi connectivity index (χ0) is 92.5. The molecule has 0 aliphatic heterocycles. The van der Waals surface area contributed by atoms with Gasteiger partial charge in [-0.3, -0.25) is 28.9 Å². The van der Waals surface area contributed by atoms with Crippen LogP contribution >= 0.6 is 36.1 Å². The number of anilines is 6. The van der Waals surface area contributed by atoms with Crippen molar-refractivity contribution < 1.29 is 341 Å². The van der Waals surface area contributed by atoms with Crippen LogP contribution in [0.3, 0.4) is 0 Å². The monoisotopic (exact) mass is 2010 g/mol. The van der Waals surface area contributed by atoms with Crippen molar-refractivity contribution in [2.45, 2.75) is 57.0 Å². The van der Waals surface area contributed by atoms with Crippen LogP contribution in [0, 0.1) is 24.1 Å². The van der Waals surface area contributed by atoms with Crippen LogP contribution in [0.1, 0.15) is 6.92 Å². The number of nitrogens with zero attached hydrogens (tertiary/aromatic N) is 12. The molecule has 1 amide bonds. The Morgan fingerprint density at radius 3 is 1.41 bits per heavy atom. The summed E-state index contributed by atoms with van der Waals surface area (Å²) in [5, 5.41) is 98.9. The van der Waals surface area contributed by atoms with Crippen molar-refractivity contribution in [3.05, 3.63) is 158 Å². The van der Waals surface area contributed by atoms with Crippen molar-refractivity contribution in [2.75, 3.05) is 34.0 Å². The number of phenols is 2. The number of nitrogens with one attached hydrogen (secondary N) is 3. The number of aromatic nitrogens is 4. The summed E-state index contributed by atoms with van der Waals surface area (Å²) in [5.74, 6) is -9.13. The molecule has 2 heterocycles. The molecule has 9 aromatic carbocycles. The van der Waals surface area contributed by atoms with Gasteiger partial charge in [0.15, 0.2) is 27.1 Å². The summed E-state index contributed by atoms with van der Waals surface area (Å²) in [6, 6.07) is 18.3. The number of halogens is 4. The summed E-state index contributed by atoms with van der Waals surface area (Å²) >= 11 is 0.360. The fourth-order valence-electron chi connectivity index (χ4n) is 10.8. The van der Waals surface area contributed by atoms with Crippen molar-refractivity contribution >= 4 is 225 Å². The van der Waals surface area contributed by atoms with E-state index in [2.05, 4.69) is 104 Å². The number of rotatable bonds is 34. The van der Waals surface area contributed by atoms with Gasteiger partial charge in [0.05, 0.1) is 110 Å². The normalized spacial score (nSPS) is 12.0. The van der Waals surface area contributed by atoms with E-state index in [0.717, 1.165) is 91.9 Å². The molecule has 0 aliphatic carbocycles. The molecule has 135 heavy (non-hydrogen) atoms. The fourth-order valence-corrected chi connectivity index (χ4v) is 17.2. The first-order chi connectivity index (χ1) is 59.0. The van der Waals surface area contributed by atoms with Gasteiger partial charge in [-0.15, -0.1) is 25.6 Å². The Morgan fingerprint density at radius 1 is 0.467 bits per heavy atom. The Morgan fingerprint density at radius 2 is 0.933 bits per heavy atom. The van der Waals surface area contributed by atoms with Gasteiger partial charge in [0.25, 0.3) is 5.91 Å². The first-order valence-corrected chi connectivity index (χ1v) is 44.6. The number of fused-ring (bicyclic) bond motifs is 3. The summed E-state index contributed by atoms with van der Waals surface area (Å²) < 4.78 is 313. The maximum atomic E-state index is 13.6. The number of hydrogen-bond donors (Lipinski definition) is 6. The molecule has 0 saturated carbocycles. The van der Waals surface area contributed by atoms with Crippen molar-refractivity contribution in [3.63, 3.8) is 0 Å². The maximum absolute atomic E-state index is 13.6. The molecule has 0 fully saturated rings. The van der Waals surface area contributed by atoms with Crippen molar-refractivity contribution in [1.82, 2.24) is 19.9 Å². The van der Waals surface area contributed by atoms with E-state index in [9.17, 15) is 139 Å². The van der Waals surface area contributed by atoms with E-state index in [-0.39, 0.29) is 237 Å². The first-order valence-electron chi connectivity index (χ1n) is 32.3. The van der Waals surface area contributed by atoms with Crippen molar-refractivity contribution in [1.29, 1.82) is 0 Å². The molecule has 7 N–H and O–H groups in total. The third kappa shape index (κ3) is 33.4. The van der Waals surface area contributed by atoms with Crippen LogP contribution in [0.5, 0.6) is 11.5 Å². The third-order valence-electron chi connectivity index (χ3n) is 15.7. The number of nitrogen functional groups attached to an aromatic ring is 1. The molecule has 73 heteroatoms. The van der Waals surface area contributed by atoms with Gasteiger partial charge in [-0.25, -0.2) is 58.9 Å². The van der Waals surface area contributed by atoms with Crippen molar-refractivity contribution in [3.8, 4) is 11.5 Å². The average molecular weight is 2010 g/mol. The van der Waals surface area contributed by atoms with Gasteiger partial charge in [0, 0.05) is 44.6 Å². The largest absolute Gasteiger partial charge is 1.00 e. The standard InChI is InChI=1S/C34H24F2N8O18S5.C28H22F2N8O16S5.9Li/c1-14(45)28(43-42-22-11-15(5-10-25(22)65(50,51)52)37-27-13-26(35)39-34(36)40-27)33(47)38-20-8-7-17-19(32(20)67(56,57)58)12-24(64-62-60-49)29(30(17)46)44-41-21-9-6-16-18(31(21)66(53,54)55)3-2-4-23(16)63-61-59-48;29-21-12-22(34-28(30)33-21)32-15-3-6-19(57(43,44)45)17(11-15)36-37-25-18(55-54-53-40)9-13-10-20(58(46,47)48)26(24(31)23(13)27(25)39)38-35-14-1-4-16(5-2-14)56(41,42)8-7-52-59(49,50)51;;;;;;;;;/h2-13,28,46,48-49H,1H3,(H,38,47)(H,37,39,40)(H,50,51,52)(H,53,54,55)(H,56,57,58);1-6,9-12,39-40H,7-8,31H2,(H,32,33,34)(H,43,44,45)(H,46,47,48)(H,49,50,51);;;;;;;;;/q;;9*+1/p-9. The molecule has 666 valence electrons. The zero-order valence-electron chi connectivity index (χ0n) is 69.7. The number of benzene rings is 9. The molecule has 0 radical (unpaired) electrons. The van der Waals surface area contributed by atoms with Crippen LogP contribution in [0.15, 0.2) is 218 Å². The number of Topliss-reactive ketones (excluding diaryl/α,β-unsaturated/α-hetero) is 1. The Bertz CT molecular complexity index is 7220. The summed E-state index contributed by atoms with van der Waals surface area (Å²) in [6.07, 6.45) is -2.96. The molecule has 1 unspecified atom stereocenters. The predicted molar refractivity (Wildman–Crippen MR) is 401 cm³/mol. The molecular weight excluding hydrogens is 1970 g/mol. The molecule has 50 nitrogen and oxygen atoms in total. The second kappa shape index (κ2) is 53.5. The Balaban J connectivity index is 0.00000127. The van der Waals surface area contributed by atoms with Gasteiger partial charge in [-0.05, 0) is 121 Å². The predicted octanol–water partition coefficient (Wildman–Crippen LogP) is -20.1. The number of aromatic hydroxyl groups is 2. The van der Waals surface area contributed by atoms with Crippen LogP contribution in [0.2, 0.25) is 0 Å². The van der Waals surface area contributed by atoms with Gasteiger partial charge in [0.1, 0.15) is 96.4 Å². The fraction of sp³-hybridized carbons (Fsp3) is 0.0645. The number of amides is 1. The van der Waals surface area contributed by atoms with Crippen LogP contribution in [0.25, 0.3) is 32.3 Å². The number of ketones is 1. The van der Waals surface area contributed by atoms with Crippen LogP contribution in [0.4, 0.5) is 91.8 Å². The quantitative estimate of drug-likeness (QED) is 0.00177. The number of hydrogen-bond acceptors (Lipinski definition) is 52. The van der Waals surface area contributed by atoms with E-state index in [0.29, 0.717) is 36.3 Å². The third-order valence-corrected chi connectivity index (χ3v) is 24.3. The van der Waals surface area contributed by atoms with E-state index in [1.54, 1.807) is 0 Å². The zero-order valence-corrected chi connectivity index (χ0v) is 77.9. The molecule has 0 bridgehead atoms. The van der Waals surface area contributed by atoms with Crippen LogP contribution < -0.4 is 207 Å². The summed E-state index contributed by atoms with van der Waals surface area (Å²) in [6.45, 7) is -0.193. The van der Waals surface area contributed by atoms with Gasteiger partial charge in [0.2, 0.25) is 28.3 Å². The van der Waals surface area contributed by atoms with E-state index >= 15 is 0 Å². The molecular formula is C62H37F4Li9N16O34S10. The van der Waals surface area contributed by atoms with Gasteiger partial charge in [-0.1, -0.05) is 18.2 Å². The van der Waals surface area contributed by atoms with E-state index in [4.69, 9.17) is 5.73 Å². The summed E-state index contributed by atoms with van der Waals surface area (Å²) in [7, 11) is -36.6. The second-order valence-electron chi connectivity index (χ2n) is 23.8. The van der Waals surface area contributed by atoms with Gasteiger partial charge < -0.3 is 75.0 Å². The maximum Gasteiger partial charge on any atom is 1.00 e. The van der Waals surface area contributed by atoms with Crippen molar-refractivity contribution in [2.24, 2.45) is 40.9 Å². The SMILES string of the molecule is CC(=O)C(N=Nc1cc(Nc2cc(F)nc(F)n2)ccc1S(=O)(=O)[O-])C(=O)Nc1ccc2c(O)c(N=Nc3ccc4c(SOO[O-])cccc4c3S(=O)(=O)[O-])c(SOO[O-])cc2c1S(=O)(=O)[O-].Nc1c(N=Nc2ccc(S(=O)(=O)CCOS(=O)(=O)[O-])cc2)c(S(=O)(=O)[O-])cc2cc(SOO[O-])c(N=Nc3cc(Nc4cc(F)nc(F)n4)ccc3S(=O)(=O)[O-])c(O)c12.[Li+].[Li+].[Li+].[Li+].[Li+].[Li+].[Li+].[Li+].[Li+]. The summed E-state index contributed by atoms with van der Waals surface area (Å²) in [4.78, 5) is 31.8. The topological polar surface area (TPSA) is 798 Å². The van der Waals surface area contributed by atoms with Crippen LogP contribution in [-0.2, 0) is 113 Å². The number of carbonyl (C=O) groups is 2. The molecule has 11 aromatic rings. The minimum atomic E-state index is -5.75. The Kier molecular flexibility index (Phi) is 50.1. The molecule has 0 spiro atoms. The summed E-state index contributed by atoms with van der Waals surface area (Å²) in [5.41, 5.74) is -0.440. The Labute approximate surface area is 877 Å². The smallest absolute Gasteiger partial charge is 0.744 e. The minimum Gasteiger partial charge on any atom is -0.744 e. The minimum absolute atomic E-state index is 0. The molecule has 2 aromatic heterocycles. The molecule has 0 saturated heterocycles. The van der Waals surface area contributed by atoms with Gasteiger partial charge >= 0.3 is 182 Å². The number of nitrogens with two attached hydrogens (primary N) is 1. The van der Waals surface area contributed by atoms with E-state index in [1.165, 1.54) is 24.3 Å². The number of carbonyl (C=O) groups excluding carboxylic acids is 2. The van der Waals surface area contributed by atoms with E-state index < -0.39 is 244 Å². The number of phenolic OH excluding ortho intramolecular Hbond substituents is 2. The van der Waals surface area contributed by atoms with E-state index in [1.807, 2.05) is 5.32 Å². The number of azo groups is 4. The number of sulfone groups is 1. The molecule has 1 atom stereocenters. The molecule has 11 rings (SSSR count). The van der Waals surface area contributed by atoms with Gasteiger partial charge in [-0.2, -0.15) is 65.8 Å². The van der Waals surface area contributed by atoms with Crippen LogP contribution in [-0.4, -0.2) is 146 Å². The average Bonchev–Trinajstić information content (AvgIpc) is 0.741. The Hall–Kier alpha value is -6.38.